The Morgan fingerprint density at radius 1 is 1.24 bits per heavy atom. The molecule has 0 saturated heterocycles. The standard InChI is InChI=1S/C28H28ClFN6OS/c29-22-14-19(3-6-23(22)30)34-27-26-21-9-13-36(16-24(21)38-28(26)33-17-32-27)25(37)2-1-12-35(20-4-5-20)15-18-7-10-31-11-8-18/h1-3,6-8,10-11,14,17,20,25,37H,4-5,9,12-13,15-16H2,(H,32,33,34)/b2-1+. The molecule has 2 N–H and O–H groups in total. The summed E-state index contributed by atoms with van der Waals surface area (Å²) >= 11 is 7.59. The van der Waals surface area contributed by atoms with E-state index in [-0.39, 0.29) is 5.02 Å². The van der Waals surface area contributed by atoms with Crippen molar-refractivity contribution in [2.75, 3.05) is 18.4 Å². The third-order valence-corrected chi connectivity index (χ3v) is 8.48. The van der Waals surface area contributed by atoms with E-state index in [4.69, 9.17) is 11.6 Å². The lowest BCUT2D eigenvalue weighted by atomic mass is 10.0. The third-order valence-electron chi connectivity index (χ3n) is 7.07. The summed E-state index contributed by atoms with van der Waals surface area (Å²) in [6, 6.07) is 9.27. The van der Waals surface area contributed by atoms with Crippen LogP contribution >= 0.6 is 22.9 Å². The molecule has 0 radical (unpaired) electrons. The lowest BCUT2D eigenvalue weighted by Gasteiger charge is -2.30. The van der Waals surface area contributed by atoms with Gasteiger partial charge in [0.05, 0.1) is 10.4 Å². The van der Waals surface area contributed by atoms with Gasteiger partial charge in [-0.3, -0.25) is 14.8 Å². The van der Waals surface area contributed by atoms with Crippen LogP contribution in [0.5, 0.6) is 0 Å². The van der Waals surface area contributed by atoms with Crippen LogP contribution in [0.15, 0.2) is 61.2 Å². The first kappa shape index (κ1) is 25.3. The third kappa shape index (κ3) is 5.57. The van der Waals surface area contributed by atoms with E-state index in [1.54, 1.807) is 23.5 Å². The number of benzene rings is 1. The van der Waals surface area contributed by atoms with Crippen LogP contribution in [-0.2, 0) is 19.5 Å². The van der Waals surface area contributed by atoms with Crippen molar-refractivity contribution in [3.63, 3.8) is 0 Å². The summed E-state index contributed by atoms with van der Waals surface area (Å²) in [6.07, 6.45) is 11.8. The van der Waals surface area contributed by atoms with Gasteiger partial charge in [-0.1, -0.05) is 17.7 Å². The Hall–Kier alpha value is -2.95. The second kappa shape index (κ2) is 11.0. The fraction of sp³-hybridized carbons (Fsp3) is 0.321. The predicted octanol–water partition coefficient (Wildman–Crippen LogP) is 5.52. The van der Waals surface area contributed by atoms with Crippen molar-refractivity contribution in [3.8, 4) is 0 Å². The molecule has 1 aromatic carbocycles. The molecular weight excluding hydrogens is 523 g/mol. The van der Waals surface area contributed by atoms with E-state index in [1.165, 1.54) is 41.2 Å². The number of aliphatic hydroxyl groups is 1. The van der Waals surface area contributed by atoms with Gasteiger partial charge >= 0.3 is 0 Å². The van der Waals surface area contributed by atoms with Gasteiger partial charge in [-0.15, -0.1) is 11.3 Å². The maximum absolute atomic E-state index is 13.6. The number of hydrogen-bond donors (Lipinski definition) is 2. The molecule has 4 aromatic rings. The van der Waals surface area contributed by atoms with E-state index >= 15 is 0 Å². The van der Waals surface area contributed by atoms with Gasteiger partial charge in [-0.25, -0.2) is 14.4 Å². The monoisotopic (exact) mass is 550 g/mol. The first-order valence-electron chi connectivity index (χ1n) is 12.7. The number of nitrogens with zero attached hydrogens (tertiary/aromatic N) is 5. The number of nitrogens with one attached hydrogen (secondary N) is 1. The summed E-state index contributed by atoms with van der Waals surface area (Å²) < 4.78 is 13.6. The number of hydrogen-bond acceptors (Lipinski definition) is 8. The number of fused-ring (bicyclic) bond motifs is 3. The summed E-state index contributed by atoms with van der Waals surface area (Å²) in [4.78, 5) is 19.7. The molecule has 1 atom stereocenters. The number of anilines is 2. The van der Waals surface area contributed by atoms with Crippen molar-refractivity contribution < 1.29 is 9.50 Å². The van der Waals surface area contributed by atoms with Gasteiger partial charge in [0.1, 0.15) is 29.0 Å². The molecule has 7 nitrogen and oxygen atoms in total. The van der Waals surface area contributed by atoms with Crippen molar-refractivity contribution in [2.45, 2.75) is 44.6 Å². The number of aromatic nitrogens is 3. The number of rotatable bonds is 9. The highest BCUT2D eigenvalue weighted by molar-refractivity contribution is 7.19. The molecule has 196 valence electrons. The number of thiophene rings is 1. The highest BCUT2D eigenvalue weighted by atomic mass is 35.5. The van der Waals surface area contributed by atoms with Gasteiger partial charge < -0.3 is 10.4 Å². The Kier molecular flexibility index (Phi) is 7.36. The molecule has 1 unspecified atom stereocenters. The minimum absolute atomic E-state index is 0.0583. The summed E-state index contributed by atoms with van der Waals surface area (Å²) in [7, 11) is 0. The van der Waals surface area contributed by atoms with Gasteiger partial charge in [0.25, 0.3) is 0 Å². The summed E-state index contributed by atoms with van der Waals surface area (Å²) in [5.41, 5.74) is 3.12. The van der Waals surface area contributed by atoms with Crippen molar-refractivity contribution in [3.05, 3.63) is 88.0 Å². The fourth-order valence-electron chi connectivity index (χ4n) is 4.92. The lowest BCUT2D eigenvalue weighted by Crippen LogP contribution is -2.37. The quantitative estimate of drug-likeness (QED) is 0.266. The highest BCUT2D eigenvalue weighted by Gasteiger charge is 2.29. The van der Waals surface area contributed by atoms with Crippen LogP contribution in [0.25, 0.3) is 10.2 Å². The van der Waals surface area contributed by atoms with E-state index < -0.39 is 12.0 Å². The van der Waals surface area contributed by atoms with Crippen LogP contribution in [-0.4, -0.2) is 55.2 Å². The number of halogens is 2. The molecule has 4 heterocycles. The molecule has 1 fully saturated rings. The maximum Gasteiger partial charge on any atom is 0.142 e. The molecule has 0 amide bonds. The Bertz CT molecular complexity index is 1460. The topological polar surface area (TPSA) is 77.4 Å². The summed E-state index contributed by atoms with van der Waals surface area (Å²) in [5, 5.41) is 15.3. The van der Waals surface area contributed by atoms with E-state index in [9.17, 15) is 9.50 Å². The minimum atomic E-state index is -0.652. The largest absolute Gasteiger partial charge is 0.375 e. The Morgan fingerprint density at radius 3 is 2.87 bits per heavy atom. The maximum atomic E-state index is 13.6. The van der Waals surface area contributed by atoms with Gasteiger partial charge in [-0.2, -0.15) is 0 Å². The minimum Gasteiger partial charge on any atom is -0.375 e. The lowest BCUT2D eigenvalue weighted by molar-refractivity contribution is 0.0324. The van der Waals surface area contributed by atoms with Crippen LogP contribution in [0.1, 0.15) is 28.8 Å². The number of pyridine rings is 1. The molecule has 38 heavy (non-hydrogen) atoms. The molecule has 1 aliphatic carbocycles. The van der Waals surface area contributed by atoms with Gasteiger partial charge in [-0.05, 0) is 66.8 Å². The first-order valence-corrected chi connectivity index (χ1v) is 13.9. The van der Waals surface area contributed by atoms with Crippen molar-refractivity contribution in [2.24, 2.45) is 0 Å². The van der Waals surface area contributed by atoms with Crippen LogP contribution < -0.4 is 5.32 Å². The highest BCUT2D eigenvalue weighted by Crippen LogP contribution is 2.38. The van der Waals surface area contributed by atoms with Gasteiger partial charge in [0.15, 0.2) is 0 Å². The Labute approximate surface area is 229 Å². The van der Waals surface area contributed by atoms with Crippen LogP contribution in [0, 0.1) is 5.82 Å². The second-order valence-electron chi connectivity index (χ2n) is 9.74. The Morgan fingerprint density at radius 2 is 2.08 bits per heavy atom. The molecule has 1 saturated carbocycles. The van der Waals surface area contributed by atoms with Crippen molar-refractivity contribution in [1.82, 2.24) is 24.8 Å². The number of aliphatic hydroxyl groups excluding tert-OH is 1. The first-order chi connectivity index (χ1) is 18.5. The van der Waals surface area contributed by atoms with Gasteiger partial charge in [0.2, 0.25) is 0 Å². The van der Waals surface area contributed by atoms with Gasteiger partial charge in [0, 0.05) is 55.2 Å². The van der Waals surface area contributed by atoms with Crippen LogP contribution in [0.2, 0.25) is 5.02 Å². The average molecular weight is 551 g/mol. The normalized spacial score (nSPS) is 16.8. The molecular formula is C28H28ClFN6OS. The van der Waals surface area contributed by atoms with Crippen LogP contribution in [0.3, 0.4) is 0 Å². The van der Waals surface area contributed by atoms with E-state index in [0.29, 0.717) is 24.1 Å². The molecule has 6 rings (SSSR count). The summed E-state index contributed by atoms with van der Waals surface area (Å²) in [5.74, 6) is 0.220. The smallest absolute Gasteiger partial charge is 0.142 e. The van der Waals surface area contributed by atoms with Crippen LogP contribution in [0.4, 0.5) is 15.9 Å². The molecule has 0 spiro atoms. The Balaban J connectivity index is 1.13. The van der Waals surface area contributed by atoms with E-state index in [2.05, 4.69) is 48.3 Å². The SMILES string of the molecule is OC(/C=C/CN(Cc1ccncc1)C1CC1)N1CCc2c(sc3ncnc(Nc4ccc(F)c(Cl)c4)c23)C1. The summed E-state index contributed by atoms with van der Waals surface area (Å²) in [6.45, 7) is 3.07. The zero-order valence-corrected chi connectivity index (χ0v) is 22.3. The molecule has 1 aliphatic heterocycles. The van der Waals surface area contributed by atoms with E-state index in [0.717, 1.165) is 36.3 Å². The molecule has 3 aromatic heterocycles. The average Bonchev–Trinajstić information content (AvgIpc) is 3.70. The molecule has 10 heteroatoms. The fourth-order valence-corrected chi connectivity index (χ4v) is 6.32. The predicted molar refractivity (Wildman–Crippen MR) is 149 cm³/mol. The zero-order chi connectivity index (χ0) is 26.1. The molecule has 2 aliphatic rings. The van der Waals surface area contributed by atoms with Crippen molar-refractivity contribution >= 4 is 44.7 Å². The molecule has 0 bridgehead atoms. The van der Waals surface area contributed by atoms with E-state index in [1.807, 2.05) is 18.5 Å². The zero-order valence-electron chi connectivity index (χ0n) is 20.7. The van der Waals surface area contributed by atoms with Crippen molar-refractivity contribution in [1.29, 1.82) is 0 Å². The second-order valence-corrected chi connectivity index (χ2v) is 11.2.